The first-order chi connectivity index (χ1) is 9.54. The Labute approximate surface area is 126 Å². The summed E-state index contributed by atoms with van der Waals surface area (Å²) in [6.45, 7) is 2.75. The van der Waals surface area contributed by atoms with Crippen LogP contribution in [0.25, 0.3) is 0 Å². The van der Waals surface area contributed by atoms with Gasteiger partial charge < -0.3 is 10.4 Å². The fourth-order valence-corrected chi connectivity index (χ4v) is 2.54. The second-order valence-corrected chi connectivity index (χ2v) is 5.58. The van der Waals surface area contributed by atoms with E-state index in [0.29, 0.717) is 6.54 Å². The third kappa shape index (κ3) is 4.10. The highest BCUT2D eigenvalue weighted by atomic mass is 79.9. The number of carbonyl (C=O) groups is 1. The van der Waals surface area contributed by atoms with E-state index in [1.54, 1.807) is 0 Å². The zero-order chi connectivity index (χ0) is 14.5. The molecule has 20 heavy (non-hydrogen) atoms. The second-order valence-electron chi connectivity index (χ2n) is 4.72. The molecule has 0 atom stereocenters. The number of rotatable bonds is 5. The first kappa shape index (κ1) is 14.6. The third-order valence-corrected chi connectivity index (χ3v) is 3.64. The van der Waals surface area contributed by atoms with Gasteiger partial charge in [-0.05, 0) is 51.7 Å². The fraction of sp³-hybridized carbons (Fsp3) is 0.188. The summed E-state index contributed by atoms with van der Waals surface area (Å²) in [4.78, 5) is 10.6. The smallest absolute Gasteiger partial charge is 0.307 e. The molecule has 2 rings (SSSR count). The average Bonchev–Trinajstić information content (AvgIpc) is 2.39. The highest BCUT2D eigenvalue weighted by Crippen LogP contribution is 2.23. The maximum absolute atomic E-state index is 10.6. The lowest BCUT2D eigenvalue weighted by atomic mass is 10.1. The normalized spacial score (nSPS) is 10.3. The summed E-state index contributed by atoms with van der Waals surface area (Å²) < 4.78 is 1.04. The Hall–Kier alpha value is -1.81. The van der Waals surface area contributed by atoms with Crippen molar-refractivity contribution in [1.29, 1.82) is 0 Å². The third-order valence-electron chi connectivity index (χ3n) is 2.99. The van der Waals surface area contributed by atoms with E-state index < -0.39 is 5.97 Å². The van der Waals surface area contributed by atoms with E-state index in [-0.39, 0.29) is 6.42 Å². The first-order valence-electron chi connectivity index (χ1n) is 6.34. The molecule has 0 saturated carbocycles. The molecular weight excluding hydrogens is 318 g/mol. The molecule has 0 aliphatic carbocycles. The van der Waals surface area contributed by atoms with E-state index in [1.807, 2.05) is 30.3 Å². The zero-order valence-electron chi connectivity index (χ0n) is 11.2. The van der Waals surface area contributed by atoms with Crippen LogP contribution in [0.1, 0.15) is 16.7 Å². The van der Waals surface area contributed by atoms with Gasteiger partial charge in [-0.3, -0.25) is 4.79 Å². The molecule has 0 heterocycles. The van der Waals surface area contributed by atoms with Gasteiger partial charge in [0.1, 0.15) is 0 Å². The predicted molar refractivity (Wildman–Crippen MR) is 84.0 cm³/mol. The summed E-state index contributed by atoms with van der Waals surface area (Å²) in [6.07, 6.45) is 0.0667. The summed E-state index contributed by atoms with van der Waals surface area (Å²) in [5.74, 6) is -0.806. The fourth-order valence-electron chi connectivity index (χ4n) is 1.91. The second kappa shape index (κ2) is 6.57. The number of hydrogen-bond donors (Lipinski definition) is 2. The van der Waals surface area contributed by atoms with E-state index in [2.05, 4.69) is 40.3 Å². The van der Waals surface area contributed by atoms with Crippen molar-refractivity contribution in [2.24, 2.45) is 0 Å². The number of aryl methyl sites for hydroxylation is 1. The van der Waals surface area contributed by atoms with Crippen LogP contribution in [-0.2, 0) is 17.8 Å². The summed E-state index contributed by atoms with van der Waals surface area (Å²) in [6, 6.07) is 13.8. The van der Waals surface area contributed by atoms with Crippen molar-refractivity contribution in [1.82, 2.24) is 0 Å². The molecule has 0 unspecified atom stereocenters. The molecule has 0 aliphatic rings. The number of carboxylic acids is 1. The molecule has 0 aliphatic heterocycles. The van der Waals surface area contributed by atoms with Gasteiger partial charge in [-0.2, -0.15) is 0 Å². The van der Waals surface area contributed by atoms with Crippen molar-refractivity contribution in [3.8, 4) is 0 Å². The van der Waals surface area contributed by atoms with Crippen LogP contribution in [0.5, 0.6) is 0 Å². The lowest BCUT2D eigenvalue weighted by Crippen LogP contribution is -2.02. The molecule has 0 fully saturated rings. The minimum Gasteiger partial charge on any atom is -0.481 e. The van der Waals surface area contributed by atoms with Gasteiger partial charge in [0.2, 0.25) is 0 Å². The maximum atomic E-state index is 10.6. The van der Waals surface area contributed by atoms with Crippen LogP contribution in [0.15, 0.2) is 46.9 Å². The molecule has 3 nitrogen and oxygen atoms in total. The maximum Gasteiger partial charge on any atom is 0.307 e. The minimum absolute atomic E-state index is 0.0667. The Morgan fingerprint density at radius 3 is 2.40 bits per heavy atom. The molecule has 4 heteroatoms. The van der Waals surface area contributed by atoms with E-state index >= 15 is 0 Å². The van der Waals surface area contributed by atoms with E-state index in [9.17, 15) is 4.79 Å². The van der Waals surface area contributed by atoms with Crippen LogP contribution in [0.4, 0.5) is 5.69 Å². The van der Waals surface area contributed by atoms with E-state index in [0.717, 1.165) is 21.3 Å². The predicted octanol–water partition coefficient (Wildman–Crippen LogP) is 4.00. The highest BCUT2D eigenvalue weighted by Gasteiger charge is 2.02. The van der Waals surface area contributed by atoms with Crippen LogP contribution in [0.3, 0.4) is 0 Å². The van der Waals surface area contributed by atoms with E-state index in [4.69, 9.17) is 5.11 Å². The van der Waals surface area contributed by atoms with Gasteiger partial charge in [0.25, 0.3) is 0 Å². The quantitative estimate of drug-likeness (QED) is 0.869. The monoisotopic (exact) mass is 333 g/mol. The minimum atomic E-state index is -0.806. The number of aliphatic carboxylic acids is 1. The summed E-state index contributed by atoms with van der Waals surface area (Å²) in [7, 11) is 0. The number of halogens is 1. The zero-order valence-corrected chi connectivity index (χ0v) is 12.8. The van der Waals surface area contributed by atoms with Gasteiger partial charge in [-0.15, -0.1) is 0 Å². The molecule has 0 radical (unpaired) electrons. The van der Waals surface area contributed by atoms with Crippen LogP contribution >= 0.6 is 15.9 Å². The molecule has 0 aromatic heterocycles. The van der Waals surface area contributed by atoms with Crippen LogP contribution in [0.2, 0.25) is 0 Å². The van der Waals surface area contributed by atoms with Crippen molar-refractivity contribution in [3.05, 3.63) is 63.6 Å². The molecule has 2 aromatic carbocycles. The number of carboxylic acid groups (broad SMARTS) is 1. The van der Waals surface area contributed by atoms with Gasteiger partial charge in [0.15, 0.2) is 0 Å². The largest absolute Gasteiger partial charge is 0.481 e. The van der Waals surface area contributed by atoms with Gasteiger partial charge in [-0.25, -0.2) is 0 Å². The van der Waals surface area contributed by atoms with Crippen LogP contribution in [-0.4, -0.2) is 11.1 Å². The molecule has 2 N–H and O–H groups in total. The molecule has 0 saturated heterocycles. The summed E-state index contributed by atoms with van der Waals surface area (Å²) >= 11 is 3.53. The molecular formula is C16H16BrNO2. The summed E-state index contributed by atoms with van der Waals surface area (Å²) in [5, 5.41) is 12.1. The highest BCUT2D eigenvalue weighted by molar-refractivity contribution is 9.10. The lowest BCUT2D eigenvalue weighted by Gasteiger charge is -2.09. The number of anilines is 1. The van der Waals surface area contributed by atoms with Crippen molar-refractivity contribution < 1.29 is 9.90 Å². The first-order valence-corrected chi connectivity index (χ1v) is 7.13. The Morgan fingerprint density at radius 1 is 1.15 bits per heavy atom. The Morgan fingerprint density at radius 2 is 1.80 bits per heavy atom. The number of nitrogens with one attached hydrogen (secondary N) is 1. The Balaban J connectivity index is 1.98. The molecule has 0 amide bonds. The van der Waals surface area contributed by atoms with Crippen molar-refractivity contribution in [2.75, 3.05) is 5.32 Å². The van der Waals surface area contributed by atoms with E-state index in [1.165, 1.54) is 5.56 Å². The van der Waals surface area contributed by atoms with Gasteiger partial charge in [0.05, 0.1) is 6.42 Å². The molecule has 0 bridgehead atoms. The Kier molecular flexibility index (Phi) is 4.79. The van der Waals surface area contributed by atoms with Crippen molar-refractivity contribution >= 4 is 27.6 Å². The van der Waals surface area contributed by atoms with Crippen LogP contribution < -0.4 is 5.32 Å². The van der Waals surface area contributed by atoms with Crippen molar-refractivity contribution in [2.45, 2.75) is 19.9 Å². The average molecular weight is 334 g/mol. The molecule has 2 aromatic rings. The summed E-state index contributed by atoms with van der Waals surface area (Å²) in [5.41, 5.74) is 4.19. The van der Waals surface area contributed by atoms with Gasteiger partial charge in [0, 0.05) is 16.7 Å². The number of benzene rings is 2. The lowest BCUT2D eigenvalue weighted by molar-refractivity contribution is -0.136. The Bertz CT molecular complexity index is 608. The van der Waals surface area contributed by atoms with Crippen LogP contribution in [0, 0.1) is 6.92 Å². The number of hydrogen-bond acceptors (Lipinski definition) is 2. The molecule has 0 spiro atoms. The van der Waals surface area contributed by atoms with Gasteiger partial charge >= 0.3 is 5.97 Å². The standard InChI is InChI=1S/C16H16BrNO2/c1-11-2-7-15(14(17)8-11)18-10-13-5-3-12(4-6-13)9-16(19)20/h2-8,18H,9-10H2,1H3,(H,19,20). The molecule has 104 valence electrons. The SMILES string of the molecule is Cc1ccc(NCc2ccc(CC(=O)O)cc2)c(Br)c1. The van der Waals surface area contributed by atoms with Crippen molar-refractivity contribution in [3.63, 3.8) is 0 Å². The topological polar surface area (TPSA) is 49.3 Å². The van der Waals surface area contributed by atoms with Gasteiger partial charge in [-0.1, -0.05) is 30.3 Å².